The van der Waals surface area contributed by atoms with Crippen LogP contribution >= 0.6 is 11.6 Å². The fraction of sp³-hybridized carbons (Fsp3) is 0.267. The van der Waals surface area contributed by atoms with Crippen LogP contribution in [0.1, 0.15) is 28.5 Å². The molecule has 2 N–H and O–H groups in total. The lowest BCUT2D eigenvalue weighted by molar-refractivity contribution is 0.0941. The van der Waals surface area contributed by atoms with Crippen LogP contribution in [0.2, 0.25) is 5.02 Å². The molecule has 0 unspecified atom stereocenters. The summed E-state index contributed by atoms with van der Waals surface area (Å²) in [5.41, 5.74) is 2.33. The molecule has 4 nitrogen and oxygen atoms in total. The second-order valence-corrected chi connectivity index (χ2v) is 4.93. The van der Waals surface area contributed by atoms with Gasteiger partial charge in [-0.25, -0.2) is 0 Å². The van der Waals surface area contributed by atoms with E-state index in [0.29, 0.717) is 23.8 Å². The summed E-state index contributed by atoms with van der Waals surface area (Å²) in [4.78, 5) is 12.1. The van der Waals surface area contributed by atoms with E-state index in [9.17, 15) is 4.79 Å². The van der Waals surface area contributed by atoms with Crippen molar-refractivity contribution in [1.29, 1.82) is 0 Å². The first-order valence-corrected chi connectivity index (χ1v) is 6.84. The Bertz CT molecular complexity index is 608. The first-order chi connectivity index (χ1) is 9.63. The number of halogens is 1. The van der Waals surface area contributed by atoms with Crippen LogP contribution in [0.3, 0.4) is 0 Å². The maximum absolute atomic E-state index is 12.1. The summed E-state index contributed by atoms with van der Waals surface area (Å²) in [6.07, 6.45) is 1.74. The smallest absolute Gasteiger partial charge is 0.268 e. The Morgan fingerprint density at radius 1 is 1.35 bits per heavy atom. The predicted molar refractivity (Wildman–Crippen MR) is 78.7 cm³/mol. The van der Waals surface area contributed by atoms with Crippen LogP contribution in [-0.2, 0) is 19.7 Å². The van der Waals surface area contributed by atoms with Gasteiger partial charge in [-0.15, -0.1) is 0 Å². The zero-order valence-corrected chi connectivity index (χ0v) is 12.0. The maximum Gasteiger partial charge on any atom is 0.268 e. The fourth-order valence-electron chi connectivity index (χ4n) is 2.04. The molecule has 2 rings (SSSR count). The van der Waals surface area contributed by atoms with Crippen molar-refractivity contribution in [2.45, 2.75) is 26.6 Å². The second-order valence-electron chi connectivity index (χ2n) is 4.49. The lowest BCUT2D eigenvalue weighted by Gasteiger charge is -2.08. The molecule has 20 heavy (non-hydrogen) atoms. The van der Waals surface area contributed by atoms with E-state index in [0.717, 1.165) is 11.1 Å². The van der Waals surface area contributed by atoms with Gasteiger partial charge in [0.2, 0.25) is 0 Å². The summed E-state index contributed by atoms with van der Waals surface area (Å²) in [6, 6.07) is 9.13. The quantitative estimate of drug-likeness (QED) is 0.890. The van der Waals surface area contributed by atoms with Crippen LogP contribution in [0.4, 0.5) is 0 Å². The van der Waals surface area contributed by atoms with Crippen LogP contribution in [0.5, 0.6) is 0 Å². The predicted octanol–water partition coefficient (Wildman–Crippen LogP) is 2.58. The Kier molecular flexibility index (Phi) is 4.82. The van der Waals surface area contributed by atoms with Crippen molar-refractivity contribution in [3.63, 3.8) is 0 Å². The fourth-order valence-corrected chi connectivity index (χ4v) is 2.26. The van der Waals surface area contributed by atoms with Crippen LogP contribution in [0, 0.1) is 0 Å². The molecule has 0 fully saturated rings. The summed E-state index contributed by atoms with van der Waals surface area (Å²) in [5.74, 6) is -0.159. The van der Waals surface area contributed by atoms with Gasteiger partial charge in [-0.05, 0) is 24.1 Å². The molecule has 0 saturated carbocycles. The topological polar surface area (TPSA) is 54.3 Å². The van der Waals surface area contributed by atoms with Crippen molar-refractivity contribution in [1.82, 2.24) is 9.88 Å². The third-order valence-electron chi connectivity index (χ3n) is 3.06. The molecule has 0 spiro atoms. The van der Waals surface area contributed by atoms with Gasteiger partial charge in [0, 0.05) is 19.3 Å². The van der Waals surface area contributed by atoms with Gasteiger partial charge in [0.25, 0.3) is 5.91 Å². The first-order valence-electron chi connectivity index (χ1n) is 6.46. The molecule has 1 heterocycles. The number of nitrogens with one attached hydrogen (secondary N) is 1. The van der Waals surface area contributed by atoms with Crippen LogP contribution in [0.25, 0.3) is 0 Å². The van der Waals surface area contributed by atoms with Gasteiger partial charge in [-0.3, -0.25) is 4.79 Å². The molecule has 0 bridgehead atoms. The largest absolute Gasteiger partial charge is 0.392 e. The van der Waals surface area contributed by atoms with Gasteiger partial charge in [-0.2, -0.15) is 0 Å². The Morgan fingerprint density at radius 3 is 2.80 bits per heavy atom. The third-order valence-corrected chi connectivity index (χ3v) is 3.27. The zero-order chi connectivity index (χ0) is 14.5. The molecule has 1 aromatic heterocycles. The van der Waals surface area contributed by atoms with Crippen LogP contribution in [-0.4, -0.2) is 15.6 Å². The van der Waals surface area contributed by atoms with Crippen molar-refractivity contribution < 1.29 is 9.90 Å². The van der Waals surface area contributed by atoms with Crippen molar-refractivity contribution in [3.8, 4) is 0 Å². The number of carbonyl (C=O) groups excluding carboxylic acids is 1. The van der Waals surface area contributed by atoms with E-state index < -0.39 is 0 Å². The second kappa shape index (κ2) is 6.59. The highest BCUT2D eigenvalue weighted by Gasteiger charge is 2.12. The summed E-state index contributed by atoms with van der Waals surface area (Å²) >= 11 is 5.92. The number of aromatic nitrogens is 1. The standard InChI is InChI=1S/C15H17ClN2O2/c1-2-18-9-13(16)7-14(18)15(20)17-8-11-4-3-5-12(6-11)10-19/h3-7,9,19H,2,8,10H2,1H3,(H,17,20). The van der Waals surface area contributed by atoms with Crippen molar-refractivity contribution >= 4 is 17.5 Å². The van der Waals surface area contributed by atoms with Gasteiger partial charge < -0.3 is 15.0 Å². The lowest BCUT2D eigenvalue weighted by atomic mass is 10.1. The highest BCUT2D eigenvalue weighted by Crippen LogP contribution is 2.14. The molecular weight excluding hydrogens is 276 g/mol. The number of aliphatic hydroxyl groups excluding tert-OH is 1. The van der Waals surface area contributed by atoms with E-state index in [1.54, 1.807) is 12.3 Å². The van der Waals surface area contributed by atoms with Gasteiger partial charge in [0.1, 0.15) is 5.69 Å². The Balaban J connectivity index is 2.04. The van der Waals surface area contributed by atoms with E-state index >= 15 is 0 Å². The number of nitrogens with zero attached hydrogens (tertiary/aromatic N) is 1. The number of hydrogen-bond acceptors (Lipinski definition) is 2. The zero-order valence-electron chi connectivity index (χ0n) is 11.3. The number of aliphatic hydroxyl groups is 1. The normalized spacial score (nSPS) is 10.6. The van der Waals surface area contributed by atoms with Crippen LogP contribution in [0.15, 0.2) is 36.5 Å². The van der Waals surface area contributed by atoms with Crippen molar-refractivity contribution in [2.24, 2.45) is 0 Å². The Labute approximate surface area is 123 Å². The monoisotopic (exact) mass is 292 g/mol. The average Bonchev–Trinajstić information content (AvgIpc) is 2.86. The molecule has 0 aliphatic heterocycles. The number of aryl methyl sites for hydroxylation is 1. The summed E-state index contributed by atoms with van der Waals surface area (Å²) in [5, 5.41) is 12.5. The number of carbonyl (C=O) groups is 1. The Morgan fingerprint density at radius 2 is 2.10 bits per heavy atom. The summed E-state index contributed by atoms with van der Waals surface area (Å²) in [7, 11) is 0. The lowest BCUT2D eigenvalue weighted by Crippen LogP contribution is -2.25. The highest BCUT2D eigenvalue weighted by atomic mass is 35.5. The van der Waals surface area contributed by atoms with Gasteiger partial charge in [0.05, 0.1) is 11.6 Å². The molecule has 0 saturated heterocycles. The van der Waals surface area contributed by atoms with Crippen LogP contribution < -0.4 is 5.32 Å². The molecule has 0 aliphatic rings. The molecule has 1 aromatic carbocycles. The SMILES string of the molecule is CCn1cc(Cl)cc1C(=O)NCc1cccc(CO)c1. The number of benzene rings is 1. The average molecular weight is 293 g/mol. The van der Waals surface area contributed by atoms with Gasteiger partial charge in [0.15, 0.2) is 0 Å². The number of hydrogen-bond donors (Lipinski definition) is 2. The Hall–Kier alpha value is -1.78. The minimum atomic E-state index is -0.159. The summed E-state index contributed by atoms with van der Waals surface area (Å²) in [6.45, 7) is 3.06. The molecule has 0 aliphatic carbocycles. The number of rotatable bonds is 5. The molecule has 0 atom stereocenters. The highest BCUT2D eigenvalue weighted by molar-refractivity contribution is 6.31. The van der Waals surface area contributed by atoms with E-state index in [4.69, 9.17) is 16.7 Å². The van der Waals surface area contributed by atoms with Gasteiger partial charge >= 0.3 is 0 Å². The number of amides is 1. The van der Waals surface area contributed by atoms with Crippen molar-refractivity contribution in [3.05, 3.63) is 58.4 Å². The van der Waals surface area contributed by atoms with E-state index in [2.05, 4.69) is 5.32 Å². The first kappa shape index (κ1) is 14.6. The van der Waals surface area contributed by atoms with Gasteiger partial charge in [-0.1, -0.05) is 35.9 Å². The molecular formula is C15H17ClN2O2. The van der Waals surface area contributed by atoms with E-state index in [1.807, 2.05) is 35.8 Å². The molecule has 106 valence electrons. The van der Waals surface area contributed by atoms with E-state index in [1.165, 1.54) is 0 Å². The molecule has 5 heteroatoms. The minimum Gasteiger partial charge on any atom is -0.392 e. The third kappa shape index (κ3) is 3.40. The van der Waals surface area contributed by atoms with E-state index in [-0.39, 0.29) is 12.5 Å². The summed E-state index contributed by atoms with van der Waals surface area (Å²) < 4.78 is 1.81. The maximum atomic E-state index is 12.1. The molecule has 0 radical (unpaired) electrons. The van der Waals surface area contributed by atoms with Crippen molar-refractivity contribution in [2.75, 3.05) is 0 Å². The molecule has 1 amide bonds. The molecule has 2 aromatic rings. The minimum absolute atomic E-state index is 0.00389.